The van der Waals surface area contributed by atoms with Crippen LogP contribution in [-0.2, 0) is 6.54 Å². The molecule has 1 atom stereocenters. The summed E-state index contributed by atoms with van der Waals surface area (Å²) in [6, 6.07) is 7.47. The molecule has 138 valence electrons. The van der Waals surface area contributed by atoms with Crippen molar-refractivity contribution in [1.82, 2.24) is 9.47 Å². The molecule has 7 heteroatoms. The number of piperidine rings is 1. The predicted molar refractivity (Wildman–Crippen MR) is 92.8 cm³/mol. The van der Waals surface area contributed by atoms with Crippen LogP contribution < -0.4 is 5.32 Å². The van der Waals surface area contributed by atoms with Crippen molar-refractivity contribution in [3.8, 4) is 0 Å². The zero-order valence-electron chi connectivity index (χ0n) is 14.3. The number of hydrogen-bond acceptors (Lipinski definition) is 3. The number of nitrogens with zero attached hydrogens (tertiary/aromatic N) is 2. The van der Waals surface area contributed by atoms with Gasteiger partial charge in [-0.15, -0.1) is 0 Å². The maximum atomic E-state index is 12.7. The molecule has 4 nitrogen and oxygen atoms in total. The highest BCUT2D eigenvalue weighted by Gasteiger charge is 2.28. The van der Waals surface area contributed by atoms with Crippen LogP contribution in [-0.4, -0.2) is 52.5 Å². The van der Waals surface area contributed by atoms with Gasteiger partial charge in [-0.3, -0.25) is 0 Å². The molecule has 25 heavy (non-hydrogen) atoms. The van der Waals surface area contributed by atoms with Crippen LogP contribution in [0.1, 0.15) is 19.8 Å². The Labute approximate surface area is 145 Å². The molecule has 0 radical (unpaired) electrons. The van der Waals surface area contributed by atoms with Crippen molar-refractivity contribution in [3.05, 3.63) is 30.5 Å². The van der Waals surface area contributed by atoms with E-state index in [1.807, 2.05) is 6.07 Å². The van der Waals surface area contributed by atoms with Crippen molar-refractivity contribution >= 4 is 16.6 Å². The van der Waals surface area contributed by atoms with Crippen LogP contribution in [0.2, 0.25) is 0 Å². The number of halogens is 3. The first-order valence-corrected chi connectivity index (χ1v) is 8.63. The molecule has 1 aromatic heterocycles. The van der Waals surface area contributed by atoms with Crippen molar-refractivity contribution in [2.24, 2.45) is 0 Å². The van der Waals surface area contributed by atoms with E-state index in [-0.39, 0.29) is 6.10 Å². The van der Waals surface area contributed by atoms with Gasteiger partial charge < -0.3 is 19.9 Å². The monoisotopic (exact) mass is 355 g/mol. The summed E-state index contributed by atoms with van der Waals surface area (Å²) in [4.78, 5) is 2.24. The number of anilines is 1. The summed E-state index contributed by atoms with van der Waals surface area (Å²) >= 11 is 0. The fourth-order valence-electron chi connectivity index (χ4n) is 3.53. The first kappa shape index (κ1) is 18.1. The first-order valence-electron chi connectivity index (χ1n) is 8.63. The van der Waals surface area contributed by atoms with Crippen molar-refractivity contribution in [3.63, 3.8) is 0 Å². The highest BCUT2D eigenvalue weighted by molar-refractivity contribution is 5.92. The van der Waals surface area contributed by atoms with Crippen LogP contribution in [0, 0.1) is 0 Å². The van der Waals surface area contributed by atoms with Gasteiger partial charge in [-0.25, -0.2) is 0 Å². The van der Waals surface area contributed by atoms with Crippen molar-refractivity contribution in [1.29, 1.82) is 0 Å². The van der Waals surface area contributed by atoms with Crippen LogP contribution in [0.25, 0.3) is 10.9 Å². The van der Waals surface area contributed by atoms with Crippen LogP contribution in [0.4, 0.5) is 18.9 Å². The molecular formula is C18H24F3N3O. The number of rotatable bonds is 5. The van der Waals surface area contributed by atoms with Gasteiger partial charge in [0.05, 0.1) is 11.6 Å². The molecule has 3 rings (SSSR count). The van der Waals surface area contributed by atoms with Crippen LogP contribution in [0.15, 0.2) is 30.5 Å². The van der Waals surface area contributed by atoms with Crippen molar-refractivity contribution in [2.45, 2.75) is 44.6 Å². The molecule has 0 spiro atoms. The normalized spacial score (nSPS) is 18.6. The summed E-state index contributed by atoms with van der Waals surface area (Å²) in [6.07, 6.45) is -1.16. The Hall–Kier alpha value is -1.73. The topological polar surface area (TPSA) is 40.4 Å². The summed E-state index contributed by atoms with van der Waals surface area (Å²) in [6.45, 7) is 3.32. The van der Waals surface area contributed by atoms with E-state index in [4.69, 9.17) is 0 Å². The summed E-state index contributed by atoms with van der Waals surface area (Å²) in [5.74, 6) is 0. The standard InChI is InChI=1S/C18H24F3N3O/c1-13(25)11-23-8-5-14(6-9-23)22-16-3-2-4-17-15(16)7-10-24(17)12-18(19,20)21/h2-4,7,10,13-14,22,25H,5-6,8-9,11-12H2,1H3. The highest BCUT2D eigenvalue weighted by Crippen LogP contribution is 2.29. The van der Waals surface area contributed by atoms with Gasteiger partial charge in [-0.1, -0.05) is 6.07 Å². The molecular weight excluding hydrogens is 331 g/mol. The molecule has 1 aliphatic rings. The number of β-amino-alcohol motifs (C(OH)–C–C–N with tert-alkyl or cyclic N) is 1. The van der Waals surface area contributed by atoms with E-state index in [0.29, 0.717) is 18.1 Å². The molecule has 1 unspecified atom stereocenters. The number of hydrogen-bond donors (Lipinski definition) is 2. The molecule has 0 saturated carbocycles. The molecule has 2 heterocycles. The maximum Gasteiger partial charge on any atom is 0.406 e. The van der Waals surface area contributed by atoms with E-state index < -0.39 is 12.7 Å². The van der Waals surface area contributed by atoms with Gasteiger partial charge in [0, 0.05) is 42.9 Å². The van der Waals surface area contributed by atoms with Gasteiger partial charge in [0.25, 0.3) is 0 Å². The SMILES string of the molecule is CC(O)CN1CCC(Nc2cccc3c2ccn3CC(F)(F)F)CC1. The molecule has 2 aromatic rings. The molecule has 0 bridgehead atoms. The first-order chi connectivity index (χ1) is 11.8. The number of aromatic nitrogens is 1. The highest BCUT2D eigenvalue weighted by atomic mass is 19.4. The minimum Gasteiger partial charge on any atom is -0.392 e. The summed E-state index contributed by atoms with van der Waals surface area (Å²) in [7, 11) is 0. The Bertz CT molecular complexity index is 703. The molecule has 0 aliphatic carbocycles. The summed E-state index contributed by atoms with van der Waals surface area (Å²) in [5.41, 5.74) is 1.47. The molecule has 1 saturated heterocycles. The average molecular weight is 355 g/mol. The third kappa shape index (κ3) is 4.67. The summed E-state index contributed by atoms with van der Waals surface area (Å²) < 4.78 is 39.3. The quantitative estimate of drug-likeness (QED) is 0.863. The number of likely N-dealkylation sites (tertiary alicyclic amines) is 1. The van der Waals surface area contributed by atoms with Crippen LogP contribution in [0.5, 0.6) is 0 Å². The number of benzene rings is 1. The lowest BCUT2D eigenvalue weighted by atomic mass is 10.0. The molecule has 0 amide bonds. The molecule has 1 aromatic carbocycles. The lowest BCUT2D eigenvalue weighted by Gasteiger charge is -2.33. The zero-order chi connectivity index (χ0) is 18.0. The second kappa shape index (κ2) is 7.25. The number of alkyl halides is 3. The summed E-state index contributed by atoms with van der Waals surface area (Å²) in [5, 5.41) is 13.8. The van der Waals surface area contributed by atoms with E-state index in [2.05, 4.69) is 10.2 Å². The van der Waals surface area contributed by atoms with Gasteiger partial charge >= 0.3 is 6.18 Å². The van der Waals surface area contributed by atoms with Gasteiger partial charge in [-0.05, 0) is 38.0 Å². The minimum atomic E-state index is -4.23. The zero-order valence-corrected chi connectivity index (χ0v) is 14.3. The Morgan fingerprint density at radius 2 is 1.96 bits per heavy atom. The fourth-order valence-corrected chi connectivity index (χ4v) is 3.53. The largest absolute Gasteiger partial charge is 0.406 e. The third-order valence-electron chi connectivity index (χ3n) is 4.63. The second-order valence-electron chi connectivity index (χ2n) is 6.87. The number of fused-ring (bicyclic) bond motifs is 1. The second-order valence-corrected chi connectivity index (χ2v) is 6.87. The third-order valence-corrected chi connectivity index (χ3v) is 4.63. The molecule has 2 N–H and O–H groups in total. The lowest BCUT2D eigenvalue weighted by Crippen LogP contribution is -2.41. The molecule has 1 fully saturated rings. The van der Waals surface area contributed by atoms with Crippen LogP contribution >= 0.6 is 0 Å². The Kier molecular flexibility index (Phi) is 5.24. The predicted octanol–water partition coefficient (Wildman–Crippen LogP) is 3.46. The Balaban J connectivity index is 1.68. The van der Waals surface area contributed by atoms with Crippen molar-refractivity contribution in [2.75, 3.05) is 25.0 Å². The number of nitrogens with one attached hydrogen (secondary N) is 1. The lowest BCUT2D eigenvalue weighted by molar-refractivity contribution is -0.139. The smallest absolute Gasteiger partial charge is 0.392 e. The number of aliphatic hydroxyl groups excluding tert-OH is 1. The number of aliphatic hydroxyl groups is 1. The van der Waals surface area contributed by atoms with Gasteiger partial charge in [-0.2, -0.15) is 13.2 Å². The Morgan fingerprint density at radius 3 is 2.60 bits per heavy atom. The van der Waals surface area contributed by atoms with E-state index in [9.17, 15) is 18.3 Å². The van der Waals surface area contributed by atoms with Gasteiger partial charge in [0.15, 0.2) is 0 Å². The van der Waals surface area contributed by atoms with E-state index in [1.54, 1.807) is 25.1 Å². The maximum absolute atomic E-state index is 12.7. The molecule has 1 aliphatic heterocycles. The fraction of sp³-hybridized carbons (Fsp3) is 0.556. The minimum absolute atomic E-state index is 0.293. The average Bonchev–Trinajstić information content (AvgIpc) is 2.91. The van der Waals surface area contributed by atoms with E-state index >= 15 is 0 Å². The van der Waals surface area contributed by atoms with Crippen molar-refractivity contribution < 1.29 is 18.3 Å². The van der Waals surface area contributed by atoms with Crippen LogP contribution in [0.3, 0.4) is 0 Å². The van der Waals surface area contributed by atoms with E-state index in [1.165, 1.54) is 10.8 Å². The van der Waals surface area contributed by atoms with Gasteiger partial charge in [0.1, 0.15) is 6.54 Å². The van der Waals surface area contributed by atoms with E-state index in [0.717, 1.165) is 37.0 Å². The Morgan fingerprint density at radius 1 is 1.24 bits per heavy atom. The van der Waals surface area contributed by atoms with Gasteiger partial charge in [0.2, 0.25) is 0 Å².